The van der Waals surface area contributed by atoms with Gasteiger partial charge in [-0.15, -0.1) is 0 Å². The number of nitriles is 1. The standard InChI is InChI=1S/C13H17N3/c1-2-16(12-7-3-4-8-12)13-9-5-6-11(10-14)15-13/h5-6,9,12H,2-4,7-8H2,1H3. The zero-order chi connectivity index (χ0) is 11.4. The Labute approximate surface area is 96.7 Å². The van der Waals surface area contributed by atoms with E-state index in [1.165, 1.54) is 25.7 Å². The summed E-state index contributed by atoms with van der Waals surface area (Å²) in [6.07, 6.45) is 5.15. The zero-order valence-electron chi connectivity index (χ0n) is 9.69. The molecule has 1 aliphatic carbocycles. The molecule has 0 bridgehead atoms. The van der Waals surface area contributed by atoms with Gasteiger partial charge in [-0.05, 0) is 31.9 Å². The molecule has 1 aliphatic rings. The molecule has 0 aliphatic heterocycles. The van der Waals surface area contributed by atoms with Crippen LogP contribution in [-0.2, 0) is 0 Å². The highest BCUT2D eigenvalue weighted by Gasteiger charge is 2.22. The molecule has 0 unspecified atom stereocenters. The van der Waals surface area contributed by atoms with Crippen LogP contribution in [0.15, 0.2) is 18.2 Å². The maximum Gasteiger partial charge on any atom is 0.142 e. The van der Waals surface area contributed by atoms with Crippen molar-refractivity contribution in [2.75, 3.05) is 11.4 Å². The highest BCUT2D eigenvalue weighted by atomic mass is 15.2. The molecule has 16 heavy (non-hydrogen) atoms. The third-order valence-electron chi connectivity index (χ3n) is 3.25. The van der Waals surface area contributed by atoms with Gasteiger partial charge in [0, 0.05) is 12.6 Å². The van der Waals surface area contributed by atoms with Crippen molar-refractivity contribution in [1.29, 1.82) is 5.26 Å². The fourth-order valence-corrected chi connectivity index (χ4v) is 2.47. The first-order valence-corrected chi connectivity index (χ1v) is 5.99. The molecule has 0 amide bonds. The van der Waals surface area contributed by atoms with Crippen molar-refractivity contribution in [3.05, 3.63) is 23.9 Å². The van der Waals surface area contributed by atoms with Gasteiger partial charge in [0.15, 0.2) is 0 Å². The minimum absolute atomic E-state index is 0.508. The van der Waals surface area contributed by atoms with Gasteiger partial charge in [0.05, 0.1) is 0 Å². The predicted octanol–water partition coefficient (Wildman–Crippen LogP) is 2.72. The highest BCUT2D eigenvalue weighted by Crippen LogP contribution is 2.26. The van der Waals surface area contributed by atoms with Crippen LogP contribution in [0.3, 0.4) is 0 Å². The monoisotopic (exact) mass is 215 g/mol. The maximum atomic E-state index is 8.85. The van der Waals surface area contributed by atoms with E-state index in [1.54, 1.807) is 6.07 Å². The molecule has 3 nitrogen and oxygen atoms in total. The molecular formula is C13H17N3. The van der Waals surface area contributed by atoms with Crippen LogP contribution in [0.1, 0.15) is 38.3 Å². The Morgan fingerprint density at radius 3 is 2.81 bits per heavy atom. The fraction of sp³-hybridized carbons (Fsp3) is 0.538. The van der Waals surface area contributed by atoms with Crippen molar-refractivity contribution in [3.63, 3.8) is 0 Å². The Bertz CT molecular complexity index is 388. The van der Waals surface area contributed by atoms with Crippen LogP contribution in [0.2, 0.25) is 0 Å². The molecule has 0 atom stereocenters. The summed E-state index contributed by atoms with van der Waals surface area (Å²) in [6.45, 7) is 3.12. The minimum atomic E-state index is 0.508. The van der Waals surface area contributed by atoms with Gasteiger partial charge in [0.25, 0.3) is 0 Å². The number of nitrogens with zero attached hydrogens (tertiary/aromatic N) is 3. The molecule has 2 rings (SSSR count). The van der Waals surface area contributed by atoms with E-state index in [9.17, 15) is 0 Å². The van der Waals surface area contributed by atoms with E-state index < -0.39 is 0 Å². The van der Waals surface area contributed by atoms with E-state index in [1.807, 2.05) is 12.1 Å². The highest BCUT2D eigenvalue weighted by molar-refractivity contribution is 5.42. The minimum Gasteiger partial charge on any atom is -0.354 e. The Morgan fingerprint density at radius 1 is 1.44 bits per heavy atom. The Hall–Kier alpha value is -1.56. The van der Waals surface area contributed by atoms with Crippen molar-refractivity contribution in [3.8, 4) is 6.07 Å². The second kappa shape index (κ2) is 4.98. The second-order valence-corrected chi connectivity index (χ2v) is 4.22. The van der Waals surface area contributed by atoms with Crippen LogP contribution in [0.4, 0.5) is 5.82 Å². The molecule has 84 valence electrons. The lowest BCUT2D eigenvalue weighted by molar-refractivity contribution is 0.613. The van der Waals surface area contributed by atoms with Gasteiger partial charge < -0.3 is 4.90 Å². The first-order valence-electron chi connectivity index (χ1n) is 5.99. The SMILES string of the molecule is CCN(c1cccc(C#N)n1)C1CCCC1. The summed E-state index contributed by atoms with van der Waals surface area (Å²) < 4.78 is 0. The largest absolute Gasteiger partial charge is 0.354 e. The lowest BCUT2D eigenvalue weighted by atomic mass is 10.2. The zero-order valence-corrected chi connectivity index (χ0v) is 9.69. The Morgan fingerprint density at radius 2 is 2.19 bits per heavy atom. The molecule has 1 aromatic heterocycles. The Kier molecular flexibility index (Phi) is 3.40. The first-order chi connectivity index (χ1) is 7.85. The van der Waals surface area contributed by atoms with Crippen molar-refractivity contribution in [1.82, 2.24) is 4.98 Å². The number of pyridine rings is 1. The average molecular weight is 215 g/mol. The quantitative estimate of drug-likeness (QED) is 0.778. The van der Waals surface area contributed by atoms with E-state index in [0.717, 1.165) is 12.4 Å². The molecular weight excluding hydrogens is 198 g/mol. The van der Waals surface area contributed by atoms with Gasteiger partial charge in [-0.2, -0.15) is 5.26 Å². The van der Waals surface area contributed by atoms with Crippen molar-refractivity contribution in [2.24, 2.45) is 0 Å². The summed E-state index contributed by atoms with van der Waals surface area (Å²) in [5.74, 6) is 0.952. The summed E-state index contributed by atoms with van der Waals surface area (Å²) in [6, 6.07) is 8.39. The number of hydrogen-bond acceptors (Lipinski definition) is 3. The van der Waals surface area contributed by atoms with Gasteiger partial charge in [-0.1, -0.05) is 18.9 Å². The van der Waals surface area contributed by atoms with Gasteiger partial charge >= 0.3 is 0 Å². The number of rotatable bonds is 3. The van der Waals surface area contributed by atoms with Crippen molar-refractivity contribution in [2.45, 2.75) is 38.6 Å². The molecule has 1 saturated carbocycles. The molecule has 0 spiro atoms. The summed E-state index contributed by atoms with van der Waals surface area (Å²) in [7, 11) is 0. The van der Waals surface area contributed by atoms with E-state index >= 15 is 0 Å². The van der Waals surface area contributed by atoms with Gasteiger partial charge in [0.1, 0.15) is 17.6 Å². The third kappa shape index (κ3) is 2.16. The molecule has 0 N–H and O–H groups in total. The topological polar surface area (TPSA) is 39.9 Å². The molecule has 1 fully saturated rings. The van der Waals surface area contributed by atoms with Gasteiger partial charge in [-0.25, -0.2) is 4.98 Å². The normalized spacial score (nSPS) is 16.0. The fourth-order valence-electron chi connectivity index (χ4n) is 2.47. The van der Waals surface area contributed by atoms with Crippen LogP contribution in [0.25, 0.3) is 0 Å². The van der Waals surface area contributed by atoms with Crippen LogP contribution >= 0.6 is 0 Å². The molecule has 0 radical (unpaired) electrons. The number of hydrogen-bond donors (Lipinski definition) is 0. The second-order valence-electron chi connectivity index (χ2n) is 4.22. The van der Waals surface area contributed by atoms with Crippen LogP contribution < -0.4 is 4.90 Å². The van der Waals surface area contributed by atoms with Crippen molar-refractivity contribution < 1.29 is 0 Å². The third-order valence-corrected chi connectivity index (χ3v) is 3.25. The summed E-state index contributed by atoms with van der Waals surface area (Å²) in [5, 5.41) is 8.85. The smallest absolute Gasteiger partial charge is 0.142 e. The summed E-state index contributed by atoms with van der Waals surface area (Å²) in [4.78, 5) is 6.70. The average Bonchev–Trinajstić information content (AvgIpc) is 2.84. The summed E-state index contributed by atoms with van der Waals surface area (Å²) in [5.41, 5.74) is 0.508. The van der Waals surface area contributed by atoms with Crippen LogP contribution in [0.5, 0.6) is 0 Å². The van der Waals surface area contributed by atoms with E-state index in [-0.39, 0.29) is 0 Å². The van der Waals surface area contributed by atoms with Crippen molar-refractivity contribution >= 4 is 5.82 Å². The van der Waals surface area contributed by atoms with E-state index in [4.69, 9.17) is 5.26 Å². The first kappa shape index (κ1) is 10.9. The van der Waals surface area contributed by atoms with Crippen LogP contribution in [0, 0.1) is 11.3 Å². The van der Waals surface area contributed by atoms with Gasteiger partial charge in [0.2, 0.25) is 0 Å². The maximum absolute atomic E-state index is 8.85. The summed E-state index contributed by atoms with van der Waals surface area (Å²) >= 11 is 0. The lowest BCUT2D eigenvalue weighted by Gasteiger charge is -2.28. The van der Waals surface area contributed by atoms with E-state index in [0.29, 0.717) is 11.7 Å². The predicted molar refractivity (Wildman–Crippen MR) is 64.2 cm³/mol. The number of anilines is 1. The van der Waals surface area contributed by atoms with Gasteiger partial charge in [-0.3, -0.25) is 0 Å². The number of aromatic nitrogens is 1. The van der Waals surface area contributed by atoms with Crippen LogP contribution in [-0.4, -0.2) is 17.6 Å². The van der Waals surface area contributed by atoms with E-state index in [2.05, 4.69) is 22.9 Å². The molecule has 0 saturated heterocycles. The lowest BCUT2D eigenvalue weighted by Crippen LogP contribution is -2.33. The molecule has 0 aromatic carbocycles. The Balaban J connectivity index is 2.22. The molecule has 1 heterocycles. The molecule has 1 aromatic rings. The molecule has 3 heteroatoms.